The molecule has 2 atom stereocenters. The normalized spacial score (nSPS) is 13.3. The van der Waals surface area contributed by atoms with E-state index in [0.29, 0.717) is 0 Å². The summed E-state index contributed by atoms with van der Waals surface area (Å²) in [5, 5.41) is 8.99. The summed E-state index contributed by atoms with van der Waals surface area (Å²) in [5.41, 5.74) is 4.42. The van der Waals surface area contributed by atoms with Crippen LogP contribution in [-0.4, -0.2) is 0 Å². The van der Waals surface area contributed by atoms with Crippen molar-refractivity contribution in [2.45, 2.75) is 10.8 Å². The third-order valence-electron chi connectivity index (χ3n) is 7.65. The summed E-state index contributed by atoms with van der Waals surface area (Å²) in [6.07, 6.45) is 0. The maximum absolute atomic E-state index is 7.26. The van der Waals surface area contributed by atoms with Gasteiger partial charge < -0.3 is 0 Å². The average molecular weight is 527 g/mol. The lowest BCUT2D eigenvalue weighted by Gasteiger charge is -2.19. The molecule has 0 amide bonds. The number of hydrogen-bond acceptors (Lipinski definition) is 0. The van der Waals surface area contributed by atoms with Crippen molar-refractivity contribution < 1.29 is 0 Å². The van der Waals surface area contributed by atoms with Crippen LogP contribution < -0.4 is 0 Å². The van der Waals surface area contributed by atoms with Crippen LogP contribution in [0.4, 0.5) is 0 Å². The second kappa shape index (κ2) is 9.48. The molecule has 0 radical (unpaired) electrons. The fourth-order valence-corrected chi connectivity index (χ4v) is 6.57. The molecule has 0 aliphatic rings. The van der Waals surface area contributed by atoms with E-state index in [0.717, 1.165) is 22.3 Å². The summed E-state index contributed by atoms with van der Waals surface area (Å²) in [6, 6.07) is 47.0. The highest BCUT2D eigenvalue weighted by molar-refractivity contribution is 6.26. The van der Waals surface area contributed by atoms with Crippen molar-refractivity contribution in [2.75, 3.05) is 0 Å². The Bertz CT molecular complexity index is 1700. The zero-order chi connectivity index (χ0) is 25.6. The molecule has 38 heavy (non-hydrogen) atoms. The molecular formula is C36H24Cl2. The molecule has 2 unspecified atom stereocenters. The fourth-order valence-electron chi connectivity index (χ4n) is 5.81. The van der Waals surface area contributed by atoms with E-state index < -0.39 is 0 Å². The zero-order valence-electron chi connectivity index (χ0n) is 20.6. The van der Waals surface area contributed by atoms with Crippen molar-refractivity contribution >= 4 is 66.3 Å². The Labute approximate surface area is 232 Å². The lowest BCUT2D eigenvalue weighted by molar-refractivity contribution is 1.13. The molecule has 0 bridgehead atoms. The van der Waals surface area contributed by atoms with E-state index in [1.54, 1.807) is 0 Å². The van der Waals surface area contributed by atoms with Gasteiger partial charge in [-0.15, -0.1) is 23.2 Å². The quantitative estimate of drug-likeness (QED) is 0.158. The molecule has 0 N–H and O–H groups in total. The van der Waals surface area contributed by atoms with Crippen LogP contribution in [0.15, 0.2) is 133 Å². The van der Waals surface area contributed by atoms with Crippen LogP contribution in [0.2, 0.25) is 0 Å². The van der Waals surface area contributed by atoms with E-state index in [4.69, 9.17) is 23.2 Å². The van der Waals surface area contributed by atoms with Crippen LogP contribution in [0.1, 0.15) is 33.0 Å². The van der Waals surface area contributed by atoms with Crippen molar-refractivity contribution in [1.29, 1.82) is 0 Å². The van der Waals surface area contributed by atoms with Crippen molar-refractivity contribution in [3.05, 3.63) is 156 Å². The molecule has 0 heterocycles. The van der Waals surface area contributed by atoms with E-state index in [9.17, 15) is 0 Å². The monoisotopic (exact) mass is 526 g/mol. The van der Waals surface area contributed by atoms with Crippen molar-refractivity contribution in [3.8, 4) is 0 Å². The number of hydrogen-bond donors (Lipinski definition) is 0. The second-order valence-electron chi connectivity index (χ2n) is 9.86. The van der Waals surface area contributed by atoms with Crippen LogP contribution in [0.3, 0.4) is 0 Å². The fraction of sp³-hybridized carbons (Fsp3) is 0.0556. The second-order valence-corrected chi connectivity index (χ2v) is 10.7. The van der Waals surface area contributed by atoms with Gasteiger partial charge in [0.25, 0.3) is 0 Å². The Morgan fingerprint density at radius 3 is 0.895 bits per heavy atom. The summed E-state index contributed by atoms with van der Waals surface area (Å²) in [4.78, 5) is 0. The van der Waals surface area contributed by atoms with Crippen LogP contribution in [0.25, 0.3) is 43.1 Å². The van der Waals surface area contributed by atoms with Gasteiger partial charge in [-0.25, -0.2) is 0 Å². The Morgan fingerprint density at radius 2 is 0.605 bits per heavy atom. The molecule has 0 saturated carbocycles. The van der Waals surface area contributed by atoms with Crippen LogP contribution in [0, 0.1) is 0 Å². The maximum Gasteiger partial charge on any atom is 0.0847 e. The van der Waals surface area contributed by atoms with Crippen molar-refractivity contribution in [2.24, 2.45) is 0 Å². The van der Waals surface area contributed by atoms with Crippen molar-refractivity contribution in [1.82, 2.24) is 0 Å². The molecule has 7 aromatic rings. The first-order valence-corrected chi connectivity index (χ1v) is 13.7. The first-order chi connectivity index (χ1) is 18.7. The maximum atomic E-state index is 7.26. The number of benzene rings is 7. The van der Waals surface area contributed by atoms with E-state index in [-0.39, 0.29) is 10.8 Å². The summed E-state index contributed by atoms with van der Waals surface area (Å²) < 4.78 is 0. The Morgan fingerprint density at radius 1 is 0.342 bits per heavy atom. The molecule has 2 heteroatoms. The Kier molecular flexibility index (Phi) is 5.81. The summed E-state index contributed by atoms with van der Waals surface area (Å²) in [5.74, 6) is 0. The molecule has 0 aliphatic heterocycles. The zero-order valence-corrected chi connectivity index (χ0v) is 22.1. The highest BCUT2D eigenvalue weighted by Crippen LogP contribution is 2.42. The molecular weight excluding hydrogens is 503 g/mol. The van der Waals surface area contributed by atoms with Gasteiger partial charge in [-0.05, 0) is 77.5 Å². The van der Waals surface area contributed by atoms with Crippen LogP contribution in [0.5, 0.6) is 0 Å². The molecule has 0 nitrogen and oxygen atoms in total. The van der Waals surface area contributed by atoms with Gasteiger partial charge in [0.1, 0.15) is 0 Å². The molecule has 0 aliphatic carbocycles. The minimum absolute atomic E-state index is 0.285. The van der Waals surface area contributed by atoms with E-state index in [2.05, 4.69) is 133 Å². The van der Waals surface area contributed by atoms with Gasteiger partial charge in [0.15, 0.2) is 0 Å². The van der Waals surface area contributed by atoms with Gasteiger partial charge in [-0.2, -0.15) is 0 Å². The van der Waals surface area contributed by atoms with Crippen molar-refractivity contribution in [3.63, 3.8) is 0 Å². The topological polar surface area (TPSA) is 0 Å². The lowest BCUT2D eigenvalue weighted by atomic mass is 9.90. The highest BCUT2D eigenvalue weighted by Gasteiger charge is 2.21. The predicted molar refractivity (Wildman–Crippen MR) is 165 cm³/mol. The average Bonchev–Trinajstić information content (AvgIpc) is 2.98. The summed E-state index contributed by atoms with van der Waals surface area (Å²) in [7, 11) is 0. The van der Waals surface area contributed by atoms with Gasteiger partial charge >= 0.3 is 0 Å². The molecule has 0 aromatic heterocycles. The smallest absolute Gasteiger partial charge is 0.0847 e. The molecule has 7 rings (SSSR count). The van der Waals surface area contributed by atoms with E-state index >= 15 is 0 Å². The number of fused-ring (bicyclic) bond motifs is 4. The standard InChI is InChI=1S/C36H24Cl2/c37-35(33-29-13-5-1-9-25(29)21-26-10-2-6-14-30(26)33)23-17-19-24(20-18-23)36(38)34-31-15-7-3-11-27(31)22-28-12-4-8-16-32(28)34/h1-22,35-36H. The molecule has 0 fully saturated rings. The minimum atomic E-state index is -0.285. The third-order valence-corrected chi connectivity index (χ3v) is 8.59. The molecule has 0 spiro atoms. The minimum Gasteiger partial charge on any atom is -0.113 e. The third kappa shape index (κ3) is 3.84. The number of halogens is 2. The van der Waals surface area contributed by atoms with Gasteiger partial charge in [-0.1, -0.05) is 121 Å². The van der Waals surface area contributed by atoms with E-state index in [1.807, 2.05) is 0 Å². The van der Waals surface area contributed by atoms with Crippen LogP contribution >= 0.6 is 23.2 Å². The molecule has 182 valence electrons. The first kappa shape index (κ1) is 23.3. The van der Waals surface area contributed by atoms with Gasteiger partial charge in [0, 0.05) is 0 Å². The Hall–Kier alpha value is -3.84. The summed E-state index contributed by atoms with van der Waals surface area (Å²) >= 11 is 14.5. The predicted octanol–water partition coefficient (Wildman–Crippen LogP) is 11.0. The van der Waals surface area contributed by atoms with Crippen LogP contribution in [-0.2, 0) is 0 Å². The summed E-state index contributed by atoms with van der Waals surface area (Å²) in [6.45, 7) is 0. The number of alkyl halides is 2. The molecule has 7 aromatic carbocycles. The van der Waals surface area contributed by atoms with E-state index in [1.165, 1.54) is 43.1 Å². The highest BCUT2D eigenvalue weighted by atomic mass is 35.5. The molecule has 0 saturated heterocycles. The van der Waals surface area contributed by atoms with Gasteiger partial charge in [0.2, 0.25) is 0 Å². The SMILES string of the molecule is ClC(c1ccc(C(Cl)c2c3ccccc3cc3ccccc23)cc1)c1c2ccccc2cc2ccccc12. The lowest BCUT2D eigenvalue weighted by Crippen LogP contribution is -2.00. The number of rotatable bonds is 4. The Balaban J connectivity index is 1.33. The largest absolute Gasteiger partial charge is 0.113 e. The first-order valence-electron chi connectivity index (χ1n) is 12.9. The van der Waals surface area contributed by atoms with Gasteiger partial charge in [-0.3, -0.25) is 0 Å². The van der Waals surface area contributed by atoms with Gasteiger partial charge in [0.05, 0.1) is 10.8 Å².